The van der Waals surface area contributed by atoms with E-state index in [2.05, 4.69) is 9.62 Å². The summed E-state index contributed by atoms with van der Waals surface area (Å²) < 4.78 is 33.6. The molecule has 1 N–H and O–H groups in total. The number of rotatable bonds is 7. The number of ether oxygens (including phenoxy) is 1. The standard InChI is InChI=1S/C26H28ClN3O4S/c1-19-5-3-4-6-24(19)28-35(32,33)23-11-9-22(10-12-23)34-18-26(31)30-15-13-29(14-16-30)25-17-21(27)8-7-20(25)2/h3-12,17,28H,13-16,18H2,1-2H3. The third-order valence-electron chi connectivity index (χ3n) is 6.03. The summed E-state index contributed by atoms with van der Waals surface area (Å²) in [5.74, 6) is 0.326. The van der Waals surface area contributed by atoms with E-state index in [0.29, 0.717) is 42.6 Å². The lowest BCUT2D eigenvalue weighted by atomic mass is 10.1. The maximum absolute atomic E-state index is 12.7. The van der Waals surface area contributed by atoms with E-state index in [1.807, 2.05) is 44.2 Å². The fourth-order valence-electron chi connectivity index (χ4n) is 3.96. The molecule has 1 saturated heterocycles. The first-order chi connectivity index (χ1) is 16.7. The Morgan fingerprint density at radius 2 is 1.63 bits per heavy atom. The second-order valence-electron chi connectivity index (χ2n) is 8.48. The van der Waals surface area contributed by atoms with Crippen molar-refractivity contribution in [2.24, 2.45) is 0 Å². The number of nitrogens with zero attached hydrogens (tertiary/aromatic N) is 2. The summed E-state index contributed by atoms with van der Waals surface area (Å²) in [6, 6.07) is 19.0. The zero-order valence-corrected chi connectivity index (χ0v) is 21.3. The highest BCUT2D eigenvalue weighted by molar-refractivity contribution is 7.92. The third kappa shape index (κ3) is 6.07. The first-order valence-electron chi connectivity index (χ1n) is 11.3. The molecule has 9 heteroatoms. The predicted octanol–water partition coefficient (Wildman–Crippen LogP) is 4.49. The van der Waals surface area contributed by atoms with Crippen LogP contribution < -0.4 is 14.4 Å². The first kappa shape index (κ1) is 24.9. The van der Waals surface area contributed by atoms with Crippen molar-refractivity contribution >= 4 is 38.9 Å². The van der Waals surface area contributed by atoms with Gasteiger partial charge in [0.25, 0.3) is 15.9 Å². The molecule has 4 rings (SSSR count). The molecule has 0 bridgehead atoms. The maximum atomic E-state index is 12.7. The van der Waals surface area contributed by atoms with Gasteiger partial charge in [0.2, 0.25) is 0 Å². The van der Waals surface area contributed by atoms with Crippen LogP contribution in [0.3, 0.4) is 0 Å². The lowest BCUT2D eigenvalue weighted by molar-refractivity contribution is -0.133. The SMILES string of the molecule is Cc1ccccc1NS(=O)(=O)c1ccc(OCC(=O)N2CCN(c3cc(Cl)ccc3C)CC2)cc1. The second-order valence-corrected chi connectivity index (χ2v) is 10.6. The molecule has 0 unspecified atom stereocenters. The Bertz CT molecular complexity index is 1300. The average molecular weight is 514 g/mol. The number of amides is 1. The zero-order chi connectivity index (χ0) is 25.0. The van der Waals surface area contributed by atoms with Gasteiger partial charge in [-0.05, 0) is 67.4 Å². The van der Waals surface area contributed by atoms with Gasteiger partial charge < -0.3 is 14.5 Å². The summed E-state index contributed by atoms with van der Waals surface area (Å²) in [7, 11) is -3.73. The van der Waals surface area contributed by atoms with Crippen LogP contribution in [0.4, 0.5) is 11.4 Å². The van der Waals surface area contributed by atoms with Crippen LogP contribution in [-0.2, 0) is 14.8 Å². The highest BCUT2D eigenvalue weighted by atomic mass is 35.5. The van der Waals surface area contributed by atoms with Crippen LogP contribution in [0.5, 0.6) is 5.75 Å². The second kappa shape index (κ2) is 10.6. The third-order valence-corrected chi connectivity index (χ3v) is 7.65. The normalized spacial score (nSPS) is 14.0. The number of carbonyl (C=O) groups is 1. The Hall–Kier alpha value is -3.23. The summed E-state index contributed by atoms with van der Waals surface area (Å²) >= 11 is 6.15. The number of halogens is 1. The number of sulfonamides is 1. The van der Waals surface area contributed by atoms with Crippen LogP contribution in [0.25, 0.3) is 0 Å². The minimum atomic E-state index is -3.73. The van der Waals surface area contributed by atoms with Gasteiger partial charge in [0.1, 0.15) is 5.75 Å². The summed E-state index contributed by atoms with van der Waals surface area (Å²) in [4.78, 5) is 16.8. The molecule has 0 aliphatic carbocycles. The molecular weight excluding hydrogens is 486 g/mol. The number of carbonyl (C=O) groups excluding carboxylic acids is 1. The number of nitrogens with one attached hydrogen (secondary N) is 1. The number of aryl methyl sites for hydroxylation is 2. The van der Waals surface area contributed by atoms with Crippen molar-refractivity contribution in [2.45, 2.75) is 18.7 Å². The molecule has 0 radical (unpaired) electrons. The van der Waals surface area contributed by atoms with Crippen LogP contribution in [-0.4, -0.2) is 52.0 Å². The Balaban J connectivity index is 1.29. The molecule has 3 aromatic rings. The van der Waals surface area contributed by atoms with Crippen molar-refractivity contribution in [3.63, 3.8) is 0 Å². The van der Waals surface area contributed by atoms with E-state index in [1.54, 1.807) is 29.2 Å². The quantitative estimate of drug-likeness (QED) is 0.503. The molecule has 0 aromatic heterocycles. The molecule has 1 aliphatic heterocycles. The molecular formula is C26H28ClN3O4S. The summed E-state index contributed by atoms with van der Waals surface area (Å²) in [5, 5.41) is 0.697. The largest absolute Gasteiger partial charge is 0.484 e. The molecule has 184 valence electrons. The molecule has 1 fully saturated rings. The van der Waals surface area contributed by atoms with Crippen molar-refractivity contribution in [3.05, 3.63) is 82.9 Å². The van der Waals surface area contributed by atoms with E-state index < -0.39 is 10.0 Å². The molecule has 1 amide bonds. The van der Waals surface area contributed by atoms with E-state index in [1.165, 1.54) is 12.1 Å². The number of benzene rings is 3. The topological polar surface area (TPSA) is 78.9 Å². The van der Waals surface area contributed by atoms with E-state index >= 15 is 0 Å². The van der Waals surface area contributed by atoms with Gasteiger partial charge in [0.05, 0.1) is 10.6 Å². The summed E-state index contributed by atoms with van der Waals surface area (Å²) in [5.41, 5.74) is 3.60. The van der Waals surface area contributed by atoms with Gasteiger partial charge in [0, 0.05) is 36.9 Å². The van der Waals surface area contributed by atoms with Crippen LogP contribution in [0.2, 0.25) is 5.02 Å². The number of para-hydroxylation sites is 1. The van der Waals surface area contributed by atoms with Gasteiger partial charge in [-0.15, -0.1) is 0 Å². The summed E-state index contributed by atoms with van der Waals surface area (Å²) in [6.45, 7) is 6.40. The Morgan fingerprint density at radius 3 is 2.31 bits per heavy atom. The van der Waals surface area contributed by atoms with Gasteiger partial charge in [-0.25, -0.2) is 8.42 Å². The molecule has 3 aromatic carbocycles. The lowest BCUT2D eigenvalue weighted by Crippen LogP contribution is -2.50. The van der Waals surface area contributed by atoms with Crippen LogP contribution in [0.15, 0.2) is 71.6 Å². The molecule has 0 saturated carbocycles. The van der Waals surface area contributed by atoms with E-state index in [0.717, 1.165) is 16.8 Å². The Morgan fingerprint density at radius 1 is 0.943 bits per heavy atom. The fraction of sp³-hybridized carbons (Fsp3) is 0.269. The number of piperazine rings is 1. The minimum absolute atomic E-state index is 0.106. The maximum Gasteiger partial charge on any atom is 0.261 e. The lowest BCUT2D eigenvalue weighted by Gasteiger charge is -2.36. The van der Waals surface area contributed by atoms with E-state index in [9.17, 15) is 13.2 Å². The van der Waals surface area contributed by atoms with Crippen molar-refractivity contribution in [1.29, 1.82) is 0 Å². The molecule has 1 heterocycles. The van der Waals surface area contributed by atoms with Crippen molar-refractivity contribution in [1.82, 2.24) is 4.90 Å². The molecule has 7 nitrogen and oxygen atoms in total. The zero-order valence-electron chi connectivity index (χ0n) is 19.7. The van der Waals surface area contributed by atoms with Crippen LogP contribution in [0, 0.1) is 13.8 Å². The summed E-state index contributed by atoms with van der Waals surface area (Å²) in [6.07, 6.45) is 0. The van der Waals surface area contributed by atoms with E-state index in [-0.39, 0.29) is 17.4 Å². The van der Waals surface area contributed by atoms with Gasteiger partial charge in [-0.2, -0.15) is 0 Å². The molecule has 0 atom stereocenters. The minimum Gasteiger partial charge on any atom is -0.484 e. The van der Waals surface area contributed by atoms with Crippen molar-refractivity contribution in [3.8, 4) is 5.75 Å². The molecule has 0 spiro atoms. The smallest absolute Gasteiger partial charge is 0.261 e. The van der Waals surface area contributed by atoms with Crippen LogP contribution in [0.1, 0.15) is 11.1 Å². The first-order valence-corrected chi connectivity index (χ1v) is 13.2. The van der Waals surface area contributed by atoms with E-state index in [4.69, 9.17) is 16.3 Å². The highest BCUT2D eigenvalue weighted by Gasteiger charge is 2.23. The number of hydrogen-bond acceptors (Lipinski definition) is 5. The van der Waals surface area contributed by atoms with Gasteiger partial charge >= 0.3 is 0 Å². The van der Waals surface area contributed by atoms with Gasteiger partial charge in [-0.3, -0.25) is 9.52 Å². The number of hydrogen-bond donors (Lipinski definition) is 1. The van der Waals surface area contributed by atoms with Gasteiger partial charge in [-0.1, -0.05) is 35.9 Å². The van der Waals surface area contributed by atoms with Crippen molar-refractivity contribution in [2.75, 3.05) is 42.4 Å². The Labute approximate surface area is 211 Å². The number of anilines is 2. The predicted molar refractivity (Wildman–Crippen MR) is 139 cm³/mol. The molecule has 35 heavy (non-hydrogen) atoms. The Kier molecular flexibility index (Phi) is 7.52. The molecule has 1 aliphatic rings. The average Bonchev–Trinajstić information content (AvgIpc) is 2.86. The van der Waals surface area contributed by atoms with Crippen molar-refractivity contribution < 1.29 is 17.9 Å². The fourth-order valence-corrected chi connectivity index (χ4v) is 5.26. The highest BCUT2D eigenvalue weighted by Crippen LogP contribution is 2.25. The van der Waals surface area contributed by atoms with Crippen LogP contribution >= 0.6 is 11.6 Å². The van der Waals surface area contributed by atoms with Gasteiger partial charge in [0.15, 0.2) is 6.61 Å². The monoisotopic (exact) mass is 513 g/mol.